The van der Waals surface area contributed by atoms with Gasteiger partial charge in [0.15, 0.2) is 5.72 Å². The summed E-state index contributed by atoms with van der Waals surface area (Å²) >= 11 is 0. The van der Waals surface area contributed by atoms with E-state index in [1.54, 1.807) is 0 Å². The fourth-order valence-electron chi connectivity index (χ4n) is 3.78. The quantitative estimate of drug-likeness (QED) is 0.754. The predicted molar refractivity (Wildman–Crippen MR) is 116 cm³/mol. The van der Waals surface area contributed by atoms with Crippen molar-refractivity contribution in [1.82, 2.24) is 25.1 Å². The van der Waals surface area contributed by atoms with Crippen LogP contribution in [0, 0.1) is 0 Å². The van der Waals surface area contributed by atoms with Crippen LogP contribution in [-0.4, -0.2) is 58.0 Å². The fraction of sp³-hybridized carbons (Fsp3) is 0.545. The Kier molecular flexibility index (Phi) is 6.24. The lowest BCUT2D eigenvalue weighted by molar-refractivity contribution is -0.0875. The molecule has 0 radical (unpaired) electrons. The lowest BCUT2D eigenvalue weighted by Crippen LogP contribution is -2.43. The van der Waals surface area contributed by atoms with Gasteiger partial charge >= 0.3 is 0 Å². The highest BCUT2D eigenvalue weighted by Crippen LogP contribution is 2.30. The summed E-state index contributed by atoms with van der Waals surface area (Å²) < 4.78 is 7.54. The SMILES string of the molecule is CCCOc1ccc(CN(Cc2ccn(C)n2)C2=NC3(CCN(C)CC3)ON2)cc1. The number of guanidine groups is 1. The molecule has 0 saturated carbocycles. The van der Waals surface area contributed by atoms with E-state index in [1.807, 2.05) is 36.1 Å². The Balaban J connectivity index is 1.51. The number of benzene rings is 1. The van der Waals surface area contributed by atoms with Gasteiger partial charge in [0.1, 0.15) is 5.75 Å². The van der Waals surface area contributed by atoms with Gasteiger partial charge in [0.2, 0.25) is 5.96 Å². The lowest BCUT2D eigenvalue weighted by Gasteiger charge is -2.33. The molecule has 0 unspecified atom stereocenters. The Morgan fingerprint density at radius 1 is 1.13 bits per heavy atom. The molecule has 8 heteroatoms. The first-order chi connectivity index (χ1) is 14.5. The Labute approximate surface area is 178 Å². The second-order valence-corrected chi connectivity index (χ2v) is 8.22. The summed E-state index contributed by atoms with van der Waals surface area (Å²) in [6.07, 6.45) is 4.75. The monoisotopic (exact) mass is 412 g/mol. The van der Waals surface area contributed by atoms with Crippen molar-refractivity contribution < 1.29 is 9.57 Å². The van der Waals surface area contributed by atoms with E-state index < -0.39 is 5.72 Å². The summed E-state index contributed by atoms with van der Waals surface area (Å²) in [7, 11) is 4.08. The van der Waals surface area contributed by atoms with Gasteiger partial charge < -0.3 is 14.5 Å². The number of aliphatic imine (C=N–C) groups is 1. The van der Waals surface area contributed by atoms with Crippen LogP contribution in [0.5, 0.6) is 5.75 Å². The van der Waals surface area contributed by atoms with Gasteiger partial charge in [0, 0.05) is 45.7 Å². The van der Waals surface area contributed by atoms with Crippen molar-refractivity contribution in [3.05, 3.63) is 47.8 Å². The molecule has 2 aliphatic heterocycles. The molecule has 1 N–H and O–H groups in total. The second kappa shape index (κ2) is 9.06. The zero-order valence-electron chi connectivity index (χ0n) is 18.2. The molecule has 0 atom stereocenters. The molecule has 1 saturated heterocycles. The first kappa shape index (κ1) is 20.7. The molecule has 2 aliphatic rings. The van der Waals surface area contributed by atoms with Gasteiger partial charge in [-0.1, -0.05) is 19.1 Å². The number of likely N-dealkylation sites (tertiary alicyclic amines) is 1. The van der Waals surface area contributed by atoms with Gasteiger partial charge in [0.25, 0.3) is 0 Å². The first-order valence-electron chi connectivity index (χ1n) is 10.7. The number of piperidine rings is 1. The van der Waals surface area contributed by atoms with Crippen LogP contribution in [-0.2, 0) is 25.0 Å². The topological polar surface area (TPSA) is 67.2 Å². The maximum absolute atomic E-state index is 6.00. The minimum atomic E-state index is -0.456. The third kappa shape index (κ3) is 4.94. The summed E-state index contributed by atoms with van der Waals surface area (Å²) in [5.41, 5.74) is 4.84. The summed E-state index contributed by atoms with van der Waals surface area (Å²) in [6.45, 7) is 6.17. The molecular formula is C22H32N6O2. The predicted octanol–water partition coefficient (Wildman–Crippen LogP) is 2.52. The van der Waals surface area contributed by atoms with Crippen LogP contribution in [0.25, 0.3) is 0 Å². The maximum Gasteiger partial charge on any atom is 0.222 e. The van der Waals surface area contributed by atoms with E-state index in [9.17, 15) is 0 Å². The number of hydrogen-bond acceptors (Lipinski definition) is 7. The summed E-state index contributed by atoms with van der Waals surface area (Å²) in [4.78, 5) is 15.5. The third-order valence-corrected chi connectivity index (χ3v) is 5.60. The largest absolute Gasteiger partial charge is 0.494 e. The minimum absolute atomic E-state index is 0.456. The van der Waals surface area contributed by atoms with Gasteiger partial charge in [0.05, 0.1) is 18.8 Å². The molecular weight excluding hydrogens is 380 g/mol. The third-order valence-electron chi connectivity index (χ3n) is 5.60. The number of rotatable bonds is 7. The summed E-state index contributed by atoms with van der Waals surface area (Å²) in [5.74, 6) is 1.68. The van der Waals surface area contributed by atoms with Crippen LogP contribution in [0.2, 0.25) is 0 Å². The number of aromatic nitrogens is 2. The molecule has 2 aromatic rings. The molecule has 4 rings (SSSR count). The summed E-state index contributed by atoms with van der Waals surface area (Å²) in [6, 6.07) is 10.3. The van der Waals surface area contributed by atoms with Crippen LogP contribution in [0.4, 0.5) is 0 Å². The number of nitrogens with one attached hydrogen (secondary N) is 1. The standard InChI is InChI=1S/C22H32N6O2/c1-4-15-29-20-7-5-18(6-8-20)16-28(17-19-9-12-27(3)24-19)21-23-22(30-25-21)10-13-26(2)14-11-22/h5-9,12H,4,10-11,13-17H2,1-3H3,(H,23,25). The van der Waals surface area contributed by atoms with Crippen LogP contribution in [0.1, 0.15) is 37.4 Å². The van der Waals surface area contributed by atoms with Gasteiger partial charge in [-0.2, -0.15) is 5.10 Å². The van der Waals surface area contributed by atoms with E-state index in [0.29, 0.717) is 13.1 Å². The van der Waals surface area contributed by atoms with Crippen molar-refractivity contribution in [3.8, 4) is 5.75 Å². The van der Waals surface area contributed by atoms with Crippen molar-refractivity contribution in [2.45, 2.75) is 45.0 Å². The van der Waals surface area contributed by atoms with Crippen LogP contribution in [0.3, 0.4) is 0 Å². The number of hydrogen-bond donors (Lipinski definition) is 1. The van der Waals surface area contributed by atoms with Crippen LogP contribution < -0.4 is 10.2 Å². The molecule has 30 heavy (non-hydrogen) atoms. The Bertz CT molecular complexity index is 855. The molecule has 8 nitrogen and oxygen atoms in total. The molecule has 1 aromatic carbocycles. The van der Waals surface area contributed by atoms with Gasteiger partial charge in [-0.25, -0.2) is 15.3 Å². The number of nitrogens with zero attached hydrogens (tertiary/aromatic N) is 5. The zero-order chi connectivity index (χ0) is 21.0. The molecule has 0 aliphatic carbocycles. The molecule has 1 aromatic heterocycles. The summed E-state index contributed by atoms with van der Waals surface area (Å²) in [5, 5.41) is 4.55. The Morgan fingerprint density at radius 3 is 2.57 bits per heavy atom. The molecule has 0 bridgehead atoms. The average molecular weight is 413 g/mol. The van der Waals surface area contributed by atoms with Gasteiger partial charge in [-0.15, -0.1) is 0 Å². The van der Waals surface area contributed by atoms with E-state index in [1.165, 1.54) is 5.56 Å². The van der Waals surface area contributed by atoms with Crippen molar-refractivity contribution in [1.29, 1.82) is 0 Å². The molecule has 162 valence electrons. The van der Waals surface area contributed by atoms with Crippen molar-refractivity contribution in [2.75, 3.05) is 26.7 Å². The minimum Gasteiger partial charge on any atom is -0.494 e. The van der Waals surface area contributed by atoms with Crippen molar-refractivity contribution >= 4 is 5.96 Å². The van der Waals surface area contributed by atoms with E-state index in [0.717, 1.165) is 56.4 Å². The van der Waals surface area contributed by atoms with E-state index in [4.69, 9.17) is 14.6 Å². The van der Waals surface area contributed by atoms with Gasteiger partial charge in [-0.3, -0.25) is 4.68 Å². The van der Waals surface area contributed by atoms with Crippen LogP contribution in [0.15, 0.2) is 41.5 Å². The maximum atomic E-state index is 6.00. The lowest BCUT2D eigenvalue weighted by atomic mass is 10.0. The number of hydroxylamine groups is 1. The Morgan fingerprint density at radius 2 is 1.90 bits per heavy atom. The second-order valence-electron chi connectivity index (χ2n) is 8.22. The van der Waals surface area contributed by atoms with Crippen molar-refractivity contribution in [2.24, 2.45) is 12.0 Å². The highest BCUT2D eigenvalue weighted by atomic mass is 16.7. The number of aryl methyl sites for hydroxylation is 1. The number of ether oxygens (including phenoxy) is 1. The highest BCUT2D eigenvalue weighted by molar-refractivity contribution is 5.80. The van der Waals surface area contributed by atoms with Crippen molar-refractivity contribution in [3.63, 3.8) is 0 Å². The molecule has 3 heterocycles. The van der Waals surface area contributed by atoms with E-state index >= 15 is 0 Å². The smallest absolute Gasteiger partial charge is 0.222 e. The average Bonchev–Trinajstić information content (AvgIpc) is 3.36. The van der Waals surface area contributed by atoms with Crippen LogP contribution >= 0.6 is 0 Å². The molecule has 1 spiro atoms. The highest BCUT2D eigenvalue weighted by Gasteiger charge is 2.40. The molecule has 0 amide bonds. The normalized spacial score (nSPS) is 18.3. The van der Waals surface area contributed by atoms with E-state index in [2.05, 4.69) is 46.5 Å². The fourth-order valence-corrected chi connectivity index (χ4v) is 3.78. The Hall–Kier alpha value is -2.58. The zero-order valence-corrected chi connectivity index (χ0v) is 18.2. The van der Waals surface area contributed by atoms with E-state index in [-0.39, 0.29) is 0 Å². The first-order valence-corrected chi connectivity index (χ1v) is 10.7. The molecule has 1 fully saturated rings. The van der Waals surface area contributed by atoms with Gasteiger partial charge in [-0.05, 0) is 37.2 Å².